The Kier molecular flexibility index (Phi) is 7.37. The summed E-state index contributed by atoms with van der Waals surface area (Å²) in [6.07, 6.45) is 3.83. The summed E-state index contributed by atoms with van der Waals surface area (Å²) in [4.78, 5) is 27.5. The van der Waals surface area contributed by atoms with Crippen molar-refractivity contribution in [2.24, 2.45) is 0 Å². The number of hydrogen-bond donors (Lipinski definition) is 0. The number of hydrogen-bond acceptors (Lipinski definition) is 4. The van der Waals surface area contributed by atoms with Gasteiger partial charge in [0.2, 0.25) is 0 Å². The van der Waals surface area contributed by atoms with E-state index in [-0.39, 0.29) is 17.7 Å². The lowest BCUT2D eigenvalue weighted by Gasteiger charge is -2.12. The fraction of sp³-hybridized carbons (Fsp3) is 0.143. The second kappa shape index (κ2) is 10.7. The van der Waals surface area contributed by atoms with Crippen LogP contribution in [0.2, 0.25) is 0 Å². The number of aryl methyl sites for hydroxylation is 1. The van der Waals surface area contributed by atoms with Crippen molar-refractivity contribution in [1.82, 2.24) is 9.47 Å². The third kappa shape index (κ3) is 5.45. The van der Waals surface area contributed by atoms with E-state index in [0.29, 0.717) is 18.1 Å². The van der Waals surface area contributed by atoms with Crippen LogP contribution >= 0.6 is 43.6 Å². The Bertz CT molecular complexity index is 1480. The van der Waals surface area contributed by atoms with Gasteiger partial charge in [0, 0.05) is 31.6 Å². The van der Waals surface area contributed by atoms with Gasteiger partial charge < -0.3 is 9.30 Å². The summed E-state index contributed by atoms with van der Waals surface area (Å²) in [5, 5.41) is 0.741. The van der Waals surface area contributed by atoms with Crippen LogP contribution in [0.4, 0.5) is 4.79 Å². The zero-order chi connectivity index (χ0) is 25.2. The van der Waals surface area contributed by atoms with Crippen molar-refractivity contribution < 1.29 is 14.3 Å². The number of nitrogens with zero attached hydrogens (tertiary/aromatic N) is 2. The molecule has 0 N–H and O–H groups in total. The number of rotatable bonds is 7. The van der Waals surface area contributed by atoms with Gasteiger partial charge in [0.25, 0.3) is 11.1 Å². The Morgan fingerprint density at radius 1 is 0.944 bits per heavy atom. The SMILES string of the molecule is Cc1ccc(OCCn2cc(/C=C3\SC(=O)N(Cc4ccc(Br)cc4)C3=O)c3cc(Br)ccc32)cc1. The van der Waals surface area contributed by atoms with Crippen molar-refractivity contribution in [3.63, 3.8) is 0 Å². The minimum atomic E-state index is -0.272. The van der Waals surface area contributed by atoms with Crippen molar-refractivity contribution in [1.29, 1.82) is 0 Å². The molecule has 3 aromatic carbocycles. The number of thioether (sulfide) groups is 1. The van der Waals surface area contributed by atoms with E-state index in [0.717, 1.165) is 48.5 Å². The summed E-state index contributed by atoms with van der Waals surface area (Å²) in [6.45, 7) is 3.45. The minimum Gasteiger partial charge on any atom is -0.492 e. The molecule has 1 aliphatic rings. The molecule has 0 saturated carbocycles. The predicted octanol–water partition coefficient (Wildman–Crippen LogP) is 7.79. The highest BCUT2D eigenvalue weighted by atomic mass is 79.9. The van der Waals surface area contributed by atoms with Gasteiger partial charge in [0.1, 0.15) is 12.4 Å². The van der Waals surface area contributed by atoms with Gasteiger partial charge in [-0.2, -0.15) is 0 Å². The maximum Gasteiger partial charge on any atom is 0.293 e. The molecular weight excluding hydrogens is 604 g/mol. The molecule has 0 spiro atoms. The molecule has 182 valence electrons. The molecule has 4 aromatic rings. The van der Waals surface area contributed by atoms with E-state index in [4.69, 9.17) is 4.74 Å². The van der Waals surface area contributed by atoms with Gasteiger partial charge in [-0.25, -0.2) is 0 Å². The highest BCUT2D eigenvalue weighted by Gasteiger charge is 2.35. The molecule has 1 fully saturated rings. The van der Waals surface area contributed by atoms with Crippen LogP contribution in [0.15, 0.2) is 86.8 Å². The number of ether oxygens (including phenoxy) is 1. The Balaban J connectivity index is 1.38. The Labute approximate surface area is 230 Å². The predicted molar refractivity (Wildman–Crippen MR) is 152 cm³/mol. The lowest BCUT2D eigenvalue weighted by atomic mass is 10.1. The number of amides is 2. The zero-order valence-corrected chi connectivity index (χ0v) is 23.4. The van der Waals surface area contributed by atoms with Crippen LogP contribution in [0, 0.1) is 6.92 Å². The van der Waals surface area contributed by atoms with E-state index in [1.807, 2.05) is 85.9 Å². The standard InChI is InChI=1S/C28H22Br2N2O3S/c1-18-2-9-23(10-3-18)35-13-12-31-17-20(24-15-22(30)8-11-25(24)31)14-26-27(33)32(28(34)36-26)16-19-4-6-21(29)7-5-19/h2-11,14-15,17H,12-13,16H2,1H3/b26-14-. The summed E-state index contributed by atoms with van der Waals surface area (Å²) in [5.41, 5.74) is 4.01. The maximum absolute atomic E-state index is 13.1. The average molecular weight is 626 g/mol. The first-order chi connectivity index (χ1) is 17.4. The molecule has 1 aliphatic heterocycles. The van der Waals surface area contributed by atoms with E-state index in [1.54, 1.807) is 0 Å². The molecule has 0 unspecified atom stereocenters. The van der Waals surface area contributed by atoms with E-state index in [2.05, 4.69) is 36.4 Å². The topological polar surface area (TPSA) is 51.5 Å². The first-order valence-corrected chi connectivity index (χ1v) is 13.8. The third-order valence-electron chi connectivity index (χ3n) is 5.91. The molecule has 1 saturated heterocycles. The van der Waals surface area contributed by atoms with Crippen LogP contribution < -0.4 is 4.74 Å². The average Bonchev–Trinajstić information content (AvgIpc) is 3.33. The Morgan fingerprint density at radius 2 is 1.67 bits per heavy atom. The summed E-state index contributed by atoms with van der Waals surface area (Å²) in [7, 11) is 0. The highest BCUT2D eigenvalue weighted by molar-refractivity contribution is 9.10. The number of aromatic nitrogens is 1. The van der Waals surface area contributed by atoms with Gasteiger partial charge in [-0.05, 0) is 72.8 Å². The van der Waals surface area contributed by atoms with Crippen molar-refractivity contribution in [2.45, 2.75) is 20.0 Å². The molecule has 0 bridgehead atoms. The van der Waals surface area contributed by atoms with Gasteiger partial charge in [-0.3, -0.25) is 14.5 Å². The number of benzene rings is 3. The monoisotopic (exact) mass is 624 g/mol. The lowest BCUT2D eigenvalue weighted by molar-refractivity contribution is -0.123. The summed E-state index contributed by atoms with van der Waals surface area (Å²) < 4.78 is 9.95. The van der Waals surface area contributed by atoms with Crippen LogP contribution in [0.25, 0.3) is 17.0 Å². The molecule has 2 heterocycles. The molecule has 5 nitrogen and oxygen atoms in total. The number of carbonyl (C=O) groups is 2. The summed E-state index contributed by atoms with van der Waals surface area (Å²) >= 11 is 7.95. The molecule has 0 atom stereocenters. The van der Waals surface area contributed by atoms with Crippen molar-refractivity contribution in [2.75, 3.05) is 6.61 Å². The third-order valence-corrected chi connectivity index (χ3v) is 7.84. The normalized spacial score (nSPS) is 14.9. The van der Waals surface area contributed by atoms with Crippen LogP contribution in [0.3, 0.4) is 0 Å². The van der Waals surface area contributed by atoms with Gasteiger partial charge in [0.05, 0.1) is 18.0 Å². The number of halogens is 2. The van der Waals surface area contributed by atoms with Crippen molar-refractivity contribution in [3.05, 3.63) is 103 Å². The van der Waals surface area contributed by atoms with E-state index < -0.39 is 0 Å². The zero-order valence-electron chi connectivity index (χ0n) is 19.4. The second-order valence-corrected chi connectivity index (χ2v) is 11.3. The fourth-order valence-corrected chi connectivity index (χ4v) is 5.50. The number of imide groups is 1. The highest BCUT2D eigenvalue weighted by Crippen LogP contribution is 2.35. The maximum atomic E-state index is 13.1. The molecule has 0 aliphatic carbocycles. The fourth-order valence-electron chi connectivity index (χ4n) is 4.04. The minimum absolute atomic E-state index is 0.249. The first-order valence-electron chi connectivity index (χ1n) is 11.3. The number of fused-ring (bicyclic) bond motifs is 1. The summed E-state index contributed by atoms with van der Waals surface area (Å²) in [6, 6.07) is 21.7. The lowest BCUT2D eigenvalue weighted by Crippen LogP contribution is -2.27. The van der Waals surface area contributed by atoms with Gasteiger partial charge in [-0.1, -0.05) is 61.7 Å². The van der Waals surface area contributed by atoms with Crippen molar-refractivity contribution >= 4 is 71.7 Å². The van der Waals surface area contributed by atoms with Crippen molar-refractivity contribution in [3.8, 4) is 5.75 Å². The van der Waals surface area contributed by atoms with Crippen LogP contribution in [0.1, 0.15) is 16.7 Å². The smallest absolute Gasteiger partial charge is 0.293 e. The quantitative estimate of drug-likeness (QED) is 0.197. The van der Waals surface area contributed by atoms with Crippen LogP contribution in [-0.2, 0) is 17.9 Å². The van der Waals surface area contributed by atoms with Gasteiger partial charge >= 0.3 is 0 Å². The molecule has 5 rings (SSSR count). The molecule has 0 radical (unpaired) electrons. The van der Waals surface area contributed by atoms with Crippen LogP contribution in [0.5, 0.6) is 5.75 Å². The van der Waals surface area contributed by atoms with E-state index >= 15 is 0 Å². The van der Waals surface area contributed by atoms with E-state index in [1.165, 1.54) is 10.5 Å². The Morgan fingerprint density at radius 3 is 2.42 bits per heavy atom. The van der Waals surface area contributed by atoms with Crippen LogP contribution in [-0.4, -0.2) is 27.2 Å². The summed E-state index contributed by atoms with van der Waals surface area (Å²) in [5.74, 6) is 0.561. The first kappa shape index (κ1) is 24.9. The second-order valence-electron chi connectivity index (χ2n) is 8.50. The Hall–Kier alpha value is -2.81. The van der Waals surface area contributed by atoms with Gasteiger partial charge in [-0.15, -0.1) is 0 Å². The molecule has 8 heteroatoms. The molecule has 36 heavy (non-hydrogen) atoms. The van der Waals surface area contributed by atoms with Gasteiger partial charge in [0.15, 0.2) is 0 Å². The molecule has 1 aromatic heterocycles. The molecule has 2 amide bonds. The number of carbonyl (C=O) groups excluding carboxylic acids is 2. The van der Waals surface area contributed by atoms with E-state index in [9.17, 15) is 9.59 Å². The largest absolute Gasteiger partial charge is 0.492 e. The molecular formula is C28H22Br2N2O3S.